The molecule has 0 aliphatic carbocycles. The predicted molar refractivity (Wildman–Crippen MR) is 154 cm³/mol. The van der Waals surface area contributed by atoms with Gasteiger partial charge in [0.25, 0.3) is 0 Å². The minimum absolute atomic E-state index is 0.0265. The lowest BCUT2D eigenvalue weighted by Crippen LogP contribution is -2.26. The van der Waals surface area contributed by atoms with Crippen LogP contribution in [0.25, 0.3) is 17.2 Å². The van der Waals surface area contributed by atoms with Gasteiger partial charge in [0, 0.05) is 38.8 Å². The minimum Gasteiger partial charge on any atom is -0.493 e. The second-order valence-electron chi connectivity index (χ2n) is 9.40. The molecule has 0 radical (unpaired) electrons. The summed E-state index contributed by atoms with van der Waals surface area (Å²) in [5, 5.41) is 3.00. The second-order valence-corrected chi connectivity index (χ2v) is 9.40. The molecule has 0 bridgehead atoms. The van der Waals surface area contributed by atoms with Gasteiger partial charge in [-0.25, -0.2) is 0 Å². The summed E-state index contributed by atoms with van der Waals surface area (Å²) in [6.07, 6.45) is 8.94. The normalized spacial score (nSPS) is 11.2. The number of nitrogens with one attached hydrogen (secondary N) is 1. The first kappa shape index (κ1) is 28.7. The Morgan fingerprint density at radius 3 is 2.39 bits per heavy atom. The van der Waals surface area contributed by atoms with E-state index in [-0.39, 0.29) is 11.5 Å². The predicted octanol–water partition coefficient (Wildman–Crippen LogP) is 4.54. The highest BCUT2D eigenvalue weighted by atomic mass is 16.5. The molecule has 0 unspecified atom stereocenters. The lowest BCUT2D eigenvalue weighted by atomic mass is 10.1. The van der Waals surface area contributed by atoms with Crippen LogP contribution in [0.15, 0.2) is 71.7 Å². The molecule has 1 amide bonds. The van der Waals surface area contributed by atoms with E-state index < -0.39 is 0 Å². The van der Waals surface area contributed by atoms with Crippen LogP contribution in [0.1, 0.15) is 30.4 Å². The van der Waals surface area contributed by atoms with Crippen molar-refractivity contribution < 1.29 is 14.3 Å². The van der Waals surface area contributed by atoms with Crippen LogP contribution in [0.4, 0.5) is 0 Å². The number of carbonyl (C=O) groups is 1. The number of aryl methyl sites for hydroxylation is 1. The summed E-state index contributed by atoms with van der Waals surface area (Å²) < 4.78 is 12.3. The van der Waals surface area contributed by atoms with Crippen LogP contribution >= 0.6 is 0 Å². The van der Waals surface area contributed by atoms with Crippen LogP contribution in [0.2, 0.25) is 0 Å². The molecule has 0 fully saturated rings. The van der Waals surface area contributed by atoms with Crippen molar-refractivity contribution in [1.29, 1.82) is 0 Å². The highest BCUT2D eigenvalue weighted by Gasteiger charge is 2.06. The Hall–Kier alpha value is -3.84. The van der Waals surface area contributed by atoms with Gasteiger partial charge in [-0.15, -0.1) is 0 Å². The van der Waals surface area contributed by atoms with Crippen molar-refractivity contribution in [3.63, 3.8) is 0 Å². The molecule has 202 valence electrons. The van der Waals surface area contributed by atoms with Crippen molar-refractivity contribution in [2.24, 2.45) is 7.05 Å². The quantitative estimate of drug-likeness (QED) is 0.318. The Kier molecular flexibility index (Phi) is 11.2. The molecule has 1 N–H and O–H groups in total. The van der Waals surface area contributed by atoms with Gasteiger partial charge in [-0.2, -0.15) is 0 Å². The number of aromatic nitrogens is 1. The van der Waals surface area contributed by atoms with Crippen molar-refractivity contribution in [2.75, 3.05) is 40.9 Å². The summed E-state index contributed by atoms with van der Waals surface area (Å²) in [7, 11) is 7.17. The molecule has 0 aliphatic rings. The van der Waals surface area contributed by atoms with Crippen molar-refractivity contribution >= 4 is 12.0 Å². The monoisotopic (exact) mass is 517 g/mol. The van der Waals surface area contributed by atoms with Crippen LogP contribution in [-0.2, 0) is 18.3 Å². The highest BCUT2D eigenvalue weighted by molar-refractivity contribution is 5.78. The molecule has 0 spiro atoms. The highest BCUT2D eigenvalue weighted by Crippen LogP contribution is 2.27. The zero-order chi connectivity index (χ0) is 27.3. The lowest BCUT2D eigenvalue weighted by Gasteiger charge is -2.17. The average Bonchev–Trinajstić information content (AvgIpc) is 2.93. The summed E-state index contributed by atoms with van der Waals surface area (Å²) >= 11 is 0. The Morgan fingerprint density at radius 1 is 0.947 bits per heavy atom. The number of methoxy groups -OCH3 is 2. The van der Waals surface area contributed by atoms with Gasteiger partial charge in [-0.1, -0.05) is 42.5 Å². The van der Waals surface area contributed by atoms with Gasteiger partial charge in [0.05, 0.1) is 14.2 Å². The van der Waals surface area contributed by atoms with E-state index in [9.17, 15) is 9.59 Å². The van der Waals surface area contributed by atoms with E-state index in [2.05, 4.69) is 23.3 Å². The third kappa shape index (κ3) is 8.92. The summed E-state index contributed by atoms with van der Waals surface area (Å²) in [6.45, 7) is 2.63. The number of nitrogens with zero attached hydrogens (tertiary/aromatic N) is 2. The molecule has 1 aromatic heterocycles. The van der Waals surface area contributed by atoms with Gasteiger partial charge in [-0.3, -0.25) is 9.59 Å². The van der Waals surface area contributed by atoms with Crippen LogP contribution in [0.5, 0.6) is 11.5 Å². The number of hydrogen-bond acceptors (Lipinski definition) is 5. The maximum atomic E-state index is 12.2. The number of ether oxygens (including phenoxy) is 2. The lowest BCUT2D eigenvalue weighted by molar-refractivity contribution is -0.120. The smallest absolute Gasteiger partial charge is 0.250 e. The van der Waals surface area contributed by atoms with E-state index in [4.69, 9.17) is 9.47 Å². The fraction of sp³-hybridized carbons (Fsp3) is 0.355. The standard InChI is InChI=1S/C31H39N3O4/c1-33(21-18-25-12-16-28(37-3)29(22-25)38-4)20-6-5-19-32-30(35)9-7-8-24-10-13-26(14-11-24)27-15-17-31(36)34(2)23-27/h7-8,10-17,22-23H,5-6,9,18-21H2,1-4H3,(H,32,35)/b8-7+. The first-order valence-electron chi connectivity index (χ1n) is 13.0. The summed E-state index contributed by atoms with van der Waals surface area (Å²) in [5.41, 5.74) is 4.26. The molecular formula is C31H39N3O4. The molecule has 7 heteroatoms. The molecule has 1 heterocycles. The SMILES string of the molecule is COc1ccc(CCN(C)CCCCNC(=O)C/C=C/c2ccc(-c3ccc(=O)n(C)c3)cc2)cc1OC. The topological polar surface area (TPSA) is 72.8 Å². The largest absolute Gasteiger partial charge is 0.493 e. The van der Waals surface area contributed by atoms with E-state index in [1.807, 2.05) is 60.8 Å². The van der Waals surface area contributed by atoms with Crippen LogP contribution in [0.3, 0.4) is 0 Å². The number of rotatable bonds is 14. The number of unbranched alkanes of at least 4 members (excludes halogenated alkanes) is 1. The summed E-state index contributed by atoms with van der Waals surface area (Å²) in [6, 6.07) is 17.5. The summed E-state index contributed by atoms with van der Waals surface area (Å²) in [4.78, 5) is 26.0. The van der Waals surface area contributed by atoms with Crippen molar-refractivity contribution in [3.8, 4) is 22.6 Å². The molecule has 2 aromatic carbocycles. The molecule has 3 aromatic rings. The third-order valence-corrected chi connectivity index (χ3v) is 6.46. The van der Waals surface area contributed by atoms with Gasteiger partial charge in [0.15, 0.2) is 11.5 Å². The van der Waals surface area contributed by atoms with Crippen LogP contribution in [0, 0.1) is 0 Å². The fourth-order valence-electron chi connectivity index (χ4n) is 4.13. The van der Waals surface area contributed by atoms with Gasteiger partial charge in [0.2, 0.25) is 11.5 Å². The van der Waals surface area contributed by atoms with E-state index >= 15 is 0 Å². The molecule has 7 nitrogen and oxygen atoms in total. The summed E-state index contributed by atoms with van der Waals surface area (Å²) in [5.74, 6) is 1.54. The molecule has 0 saturated heterocycles. The van der Waals surface area contributed by atoms with Gasteiger partial charge in [-0.05, 0) is 73.3 Å². The van der Waals surface area contributed by atoms with Crippen molar-refractivity contribution in [3.05, 3.63) is 88.4 Å². The molecule has 0 aliphatic heterocycles. The maximum Gasteiger partial charge on any atom is 0.250 e. The molecule has 0 atom stereocenters. The van der Waals surface area contributed by atoms with Crippen LogP contribution < -0.4 is 20.3 Å². The number of hydrogen-bond donors (Lipinski definition) is 1. The van der Waals surface area contributed by atoms with E-state index in [1.54, 1.807) is 31.9 Å². The Bertz CT molecular complexity index is 1260. The third-order valence-electron chi connectivity index (χ3n) is 6.46. The number of carbonyl (C=O) groups excluding carboxylic acids is 1. The molecular weight excluding hydrogens is 478 g/mol. The minimum atomic E-state index is -0.0265. The Labute approximate surface area is 225 Å². The van der Waals surface area contributed by atoms with E-state index in [0.29, 0.717) is 13.0 Å². The van der Waals surface area contributed by atoms with Crippen LogP contribution in [-0.4, -0.2) is 56.3 Å². The number of benzene rings is 2. The van der Waals surface area contributed by atoms with Crippen molar-refractivity contribution in [1.82, 2.24) is 14.8 Å². The van der Waals surface area contributed by atoms with Gasteiger partial charge < -0.3 is 24.3 Å². The Morgan fingerprint density at radius 2 is 1.68 bits per heavy atom. The Balaban J connectivity index is 1.30. The van der Waals surface area contributed by atoms with Gasteiger partial charge in [0.1, 0.15) is 0 Å². The van der Waals surface area contributed by atoms with Gasteiger partial charge >= 0.3 is 0 Å². The zero-order valence-corrected chi connectivity index (χ0v) is 22.9. The number of amides is 1. The number of likely N-dealkylation sites (N-methyl/N-ethyl adjacent to an activating group) is 1. The fourth-order valence-corrected chi connectivity index (χ4v) is 4.13. The van der Waals surface area contributed by atoms with E-state index in [1.165, 1.54) is 5.56 Å². The number of pyridine rings is 1. The molecule has 3 rings (SSSR count). The zero-order valence-electron chi connectivity index (χ0n) is 22.9. The molecule has 38 heavy (non-hydrogen) atoms. The molecule has 0 saturated carbocycles. The first-order chi connectivity index (χ1) is 18.4. The van der Waals surface area contributed by atoms with E-state index in [0.717, 1.165) is 60.5 Å². The first-order valence-corrected chi connectivity index (χ1v) is 13.0. The average molecular weight is 518 g/mol. The van der Waals surface area contributed by atoms with Crippen molar-refractivity contribution in [2.45, 2.75) is 25.7 Å². The maximum absolute atomic E-state index is 12.2. The second kappa shape index (κ2) is 14.8.